The van der Waals surface area contributed by atoms with Crippen LogP contribution in [0.1, 0.15) is 44.9 Å². The topological polar surface area (TPSA) is 49.5 Å². The normalized spacial score (nSPS) is 27.2. The summed E-state index contributed by atoms with van der Waals surface area (Å²) in [4.78, 5) is 2.48. The molecule has 3 N–H and O–H groups in total. The van der Waals surface area contributed by atoms with Crippen LogP contribution in [0.15, 0.2) is 0 Å². The first kappa shape index (κ1) is 12.9. The Morgan fingerprint density at radius 3 is 2.40 bits per heavy atom. The van der Waals surface area contributed by atoms with Crippen LogP contribution in [0, 0.1) is 0 Å². The zero-order valence-corrected chi connectivity index (χ0v) is 9.99. The Morgan fingerprint density at radius 2 is 1.80 bits per heavy atom. The Kier molecular flexibility index (Phi) is 6.22. The Hall–Kier alpha value is -0.120. The molecule has 0 aromatic carbocycles. The van der Waals surface area contributed by atoms with Crippen LogP contribution in [0.2, 0.25) is 0 Å². The van der Waals surface area contributed by atoms with E-state index in [-0.39, 0.29) is 0 Å². The molecular weight excluding hydrogens is 188 g/mol. The average molecular weight is 214 g/mol. The lowest BCUT2D eigenvalue weighted by Crippen LogP contribution is -2.39. The van der Waals surface area contributed by atoms with Gasteiger partial charge >= 0.3 is 0 Å². The molecule has 0 unspecified atom stereocenters. The second kappa shape index (κ2) is 7.20. The molecule has 0 aromatic heterocycles. The van der Waals surface area contributed by atoms with E-state index in [0.717, 1.165) is 18.9 Å². The second-order valence-electron chi connectivity index (χ2n) is 4.83. The number of hydrogen-bond acceptors (Lipinski definition) is 3. The van der Waals surface area contributed by atoms with E-state index in [1.165, 1.54) is 38.6 Å². The summed E-state index contributed by atoms with van der Waals surface area (Å²) in [5.74, 6) is 0. The molecule has 15 heavy (non-hydrogen) atoms. The number of rotatable bonds is 6. The summed E-state index contributed by atoms with van der Waals surface area (Å²) in [7, 11) is 2.22. The van der Waals surface area contributed by atoms with E-state index in [2.05, 4.69) is 11.9 Å². The molecule has 1 saturated carbocycles. The zero-order chi connectivity index (χ0) is 11.1. The second-order valence-corrected chi connectivity index (χ2v) is 4.83. The van der Waals surface area contributed by atoms with Crippen LogP contribution in [0.5, 0.6) is 0 Å². The van der Waals surface area contributed by atoms with Crippen LogP contribution in [0.4, 0.5) is 0 Å². The summed E-state index contributed by atoms with van der Waals surface area (Å²) >= 11 is 0. The van der Waals surface area contributed by atoms with Crippen molar-refractivity contribution >= 4 is 0 Å². The molecule has 0 heterocycles. The average Bonchev–Trinajstić information content (AvgIpc) is 2.25. The third kappa shape index (κ3) is 4.96. The molecule has 0 atom stereocenters. The largest absolute Gasteiger partial charge is 0.396 e. The minimum atomic E-state index is 0.335. The first-order chi connectivity index (χ1) is 7.24. The summed E-state index contributed by atoms with van der Waals surface area (Å²) in [5.41, 5.74) is 5.89. The van der Waals surface area contributed by atoms with Crippen molar-refractivity contribution in [1.82, 2.24) is 4.90 Å². The Bertz CT molecular complexity index is 156. The predicted molar refractivity (Wildman–Crippen MR) is 63.8 cm³/mol. The van der Waals surface area contributed by atoms with Gasteiger partial charge in [-0.2, -0.15) is 0 Å². The highest BCUT2D eigenvalue weighted by molar-refractivity contribution is 4.79. The van der Waals surface area contributed by atoms with Gasteiger partial charge in [0, 0.05) is 18.7 Å². The third-order valence-corrected chi connectivity index (χ3v) is 3.53. The van der Waals surface area contributed by atoms with Crippen LogP contribution in [0.25, 0.3) is 0 Å². The number of nitrogens with two attached hydrogens (primary N) is 1. The molecule has 0 radical (unpaired) electrons. The Balaban J connectivity index is 2.08. The summed E-state index contributed by atoms with van der Waals surface area (Å²) in [6.45, 7) is 1.50. The molecule has 3 heteroatoms. The fraction of sp³-hybridized carbons (Fsp3) is 1.00. The SMILES string of the molecule is CN(CCCCCO)C1CCC(N)CC1. The smallest absolute Gasteiger partial charge is 0.0431 e. The molecule has 0 saturated heterocycles. The maximum absolute atomic E-state index is 8.68. The summed E-state index contributed by atoms with van der Waals surface area (Å²) in [6, 6.07) is 1.20. The minimum Gasteiger partial charge on any atom is -0.396 e. The van der Waals surface area contributed by atoms with Gasteiger partial charge in [0.2, 0.25) is 0 Å². The number of aliphatic hydroxyl groups excluding tert-OH is 1. The summed E-state index contributed by atoms with van der Waals surface area (Å²) in [5, 5.41) is 8.68. The highest BCUT2D eigenvalue weighted by Gasteiger charge is 2.21. The maximum atomic E-state index is 8.68. The standard InChI is InChI=1S/C12H26N2O/c1-14(9-3-2-4-10-15)12-7-5-11(13)6-8-12/h11-12,15H,2-10,13H2,1H3. The molecule has 1 rings (SSSR count). The zero-order valence-electron chi connectivity index (χ0n) is 9.99. The fourth-order valence-corrected chi connectivity index (χ4v) is 2.37. The number of hydrogen-bond donors (Lipinski definition) is 2. The van der Waals surface area contributed by atoms with Gasteiger partial charge in [-0.1, -0.05) is 0 Å². The van der Waals surface area contributed by atoms with E-state index >= 15 is 0 Å². The Labute approximate surface area is 93.6 Å². The van der Waals surface area contributed by atoms with Crippen molar-refractivity contribution in [1.29, 1.82) is 0 Å². The molecule has 0 aromatic rings. The van der Waals surface area contributed by atoms with Crippen molar-refractivity contribution in [3.63, 3.8) is 0 Å². The lowest BCUT2D eigenvalue weighted by Gasteiger charge is -2.33. The van der Waals surface area contributed by atoms with Crippen LogP contribution in [-0.4, -0.2) is 42.3 Å². The van der Waals surface area contributed by atoms with Crippen LogP contribution < -0.4 is 5.73 Å². The van der Waals surface area contributed by atoms with Crippen molar-refractivity contribution in [2.75, 3.05) is 20.2 Å². The van der Waals surface area contributed by atoms with Crippen LogP contribution in [-0.2, 0) is 0 Å². The van der Waals surface area contributed by atoms with E-state index in [1.54, 1.807) is 0 Å². The van der Waals surface area contributed by atoms with Crippen molar-refractivity contribution < 1.29 is 5.11 Å². The molecule has 1 aliphatic rings. The monoisotopic (exact) mass is 214 g/mol. The van der Waals surface area contributed by atoms with Gasteiger partial charge < -0.3 is 15.7 Å². The minimum absolute atomic E-state index is 0.335. The first-order valence-electron chi connectivity index (χ1n) is 6.30. The first-order valence-corrected chi connectivity index (χ1v) is 6.30. The molecule has 0 amide bonds. The molecule has 0 spiro atoms. The fourth-order valence-electron chi connectivity index (χ4n) is 2.37. The van der Waals surface area contributed by atoms with Crippen molar-refractivity contribution in [2.45, 2.75) is 57.0 Å². The van der Waals surface area contributed by atoms with Gasteiger partial charge in [-0.05, 0) is 58.5 Å². The van der Waals surface area contributed by atoms with E-state index in [1.807, 2.05) is 0 Å². The van der Waals surface area contributed by atoms with E-state index in [0.29, 0.717) is 12.6 Å². The molecule has 3 nitrogen and oxygen atoms in total. The van der Waals surface area contributed by atoms with Gasteiger partial charge in [0.05, 0.1) is 0 Å². The van der Waals surface area contributed by atoms with Crippen LogP contribution >= 0.6 is 0 Å². The molecule has 0 bridgehead atoms. The van der Waals surface area contributed by atoms with Gasteiger partial charge in [-0.3, -0.25) is 0 Å². The van der Waals surface area contributed by atoms with Gasteiger partial charge in [0.1, 0.15) is 0 Å². The van der Waals surface area contributed by atoms with Crippen molar-refractivity contribution in [3.8, 4) is 0 Å². The van der Waals surface area contributed by atoms with E-state index in [9.17, 15) is 0 Å². The number of nitrogens with zero attached hydrogens (tertiary/aromatic N) is 1. The summed E-state index contributed by atoms with van der Waals surface area (Å²) in [6.07, 6.45) is 8.20. The van der Waals surface area contributed by atoms with E-state index in [4.69, 9.17) is 10.8 Å². The van der Waals surface area contributed by atoms with Crippen LogP contribution in [0.3, 0.4) is 0 Å². The predicted octanol–water partition coefficient (Wildman–Crippen LogP) is 1.35. The lowest BCUT2D eigenvalue weighted by molar-refractivity contribution is 0.178. The van der Waals surface area contributed by atoms with Gasteiger partial charge in [0.15, 0.2) is 0 Å². The van der Waals surface area contributed by atoms with E-state index < -0.39 is 0 Å². The number of unbranched alkanes of at least 4 members (excludes halogenated alkanes) is 2. The summed E-state index contributed by atoms with van der Waals surface area (Å²) < 4.78 is 0. The quantitative estimate of drug-likeness (QED) is 0.656. The number of aliphatic hydroxyl groups is 1. The Morgan fingerprint density at radius 1 is 1.13 bits per heavy atom. The molecule has 1 aliphatic carbocycles. The maximum Gasteiger partial charge on any atom is 0.0431 e. The lowest BCUT2D eigenvalue weighted by atomic mass is 9.91. The molecule has 0 aliphatic heterocycles. The highest BCUT2D eigenvalue weighted by atomic mass is 16.2. The molecular formula is C12H26N2O. The molecule has 1 fully saturated rings. The van der Waals surface area contributed by atoms with Gasteiger partial charge in [-0.25, -0.2) is 0 Å². The highest BCUT2D eigenvalue weighted by Crippen LogP contribution is 2.21. The van der Waals surface area contributed by atoms with Gasteiger partial charge in [-0.15, -0.1) is 0 Å². The third-order valence-electron chi connectivity index (χ3n) is 3.53. The van der Waals surface area contributed by atoms with Crippen molar-refractivity contribution in [2.24, 2.45) is 5.73 Å². The van der Waals surface area contributed by atoms with Crippen molar-refractivity contribution in [3.05, 3.63) is 0 Å². The van der Waals surface area contributed by atoms with Gasteiger partial charge in [0.25, 0.3) is 0 Å². The molecule has 90 valence electrons.